The summed E-state index contributed by atoms with van der Waals surface area (Å²) < 4.78 is 7.48. The lowest BCUT2D eigenvalue weighted by Gasteiger charge is -2.21. The molecule has 2 aromatic rings. The van der Waals surface area contributed by atoms with E-state index in [2.05, 4.69) is 24.8 Å². The van der Waals surface area contributed by atoms with E-state index in [1.54, 1.807) is 12.3 Å². The van der Waals surface area contributed by atoms with E-state index < -0.39 is 0 Å². The second-order valence-corrected chi connectivity index (χ2v) is 4.95. The maximum Gasteiger partial charge on any atom is 0.201 e. The molecule has 0 atom stereocenters. The molecule has 112 valence electrons. The predicted molar refractivity (Wildman–Crippen MR) is 85.2 cm³/mol. The van der Waals surface area contributed by atoms with Gasteiger partial charge in [-0.05, 0) is 32.0 Å². The first-order valence-corrected chi connectivity index (χ1v) is 7.27. The van der Waals surface area contributed by atoms with Gasteiger partial charge in [0.2, 0.25) is 5.78 Å². The van der Waals surface area contributed by atoms with E-state index in [1.165, 1.54) is 0 Å². The van der Waals surface area contributed by atoms with E-state index in [0.717, 1.165) is 24.5 Å². The lowest BCUT2D eigenvalue weighted by molar-refractivity contribution is 0.0921. The highest BCUT2D eigenvalue weighted by Crippen LogP contribution is 2.21. The highest BCUT2D eigenvalue weighted by Gasteiger charge is 2.09. The van der Waals surface area contributed by atoms with E-state index in [0.29, 0.717) is 5.56 Å². The van der Waals surface area contributed by atoms with Crippen LogP contribution in [0.4, 0.5) is 5.69 Å². The molecule has 4 heteroatoms. The zero-order chi connectivity index (χ0) is 15.2. The van der Waals surface area contributed by atoms with Crippen LogP contribution in [0.5, 0.6) is 5.75 Å². The molecule has 4 nitrogen and oxygen atoms in total. The number of ether oxygens (including phenoxy) is 1. The average Bonchev–Trinajstić information content (AvgIpc) is 2.93. The largest absolute Gasteiger partial charge is 0.485 e. The molecule has 0 saturated carbocycles. The van der Waals surface area contributed by atoms with Crippen LogP contribution in [-0.2, 0) is 7.05 Å². The average molecular weight is 286 g/mol. The number of anilines is 1. The van der Waals surface area contributed by atoms with Gasteiger partial charge in [-0.1, -0.05) is 6.07 Å². The van der Waals surface area contributed by atoms with Crippen LogP contribution >= 0.6 is 0 Å². The van der Waals surface area contributed by atoms with Gasteiger partial charge in [-0.3, -0.25) is 4.79 Å². The Hall–Kier alpha value is -2.23. The molecular formula is C17H22N2O2. The lowest BCUT2D eigenvalue weighted by Crippen LogP contribution is -2.21. The lowest BCUT2D eigenvalue weighted by atomic mass is 10.2. The highest BCUT2D eigenvalue weighted by atomic mass is 16.5. The van der Waals surface area contributed by atoms with Gasteiger partial charge < -0.3 is 14.2 Å². The number of hydrogen-bond donors (Lipinski definition) is 0. The fraction of sp³-hybridized carbons (Fsp3) is 0.353. The SMILES string of the molecule is CCN(CC)c1cccc(OCC(=O)c2ccn(C)c2)c1. The molecule has 0 aliphatic carbocycles. The molecule has 0 bridgehead atoms. The summed E-state index contributed by atoms with van der Waals surface area (Å²) in [5.41, 5.74) is 1.79. The molecule has 0 amide bonds. The van der Waals surface area contributed by atoms with Crippen molar-refractivity contribution >= 4 is 11.5 Å². The van der Waals surface area contributed by atoms with E-state index in [1.807, 2.05) is 36.0 Å². The van der Waals surface area contributed by atoms with Gasteiger partial charge in [-0.2, -0.15) is 0 Å². The molecule has 0 aliphatic heterocycles. The Bertz CT molecular complexity index is 600. The normalized spacial score (nSPS) is 10.4. The molecule has 0 saturated heterocycles. The van der Waals surface area contributed by atoms with E-state index in [4.69, 9.17) is 4.74 Å². The maximum atomic E-state index is 12.0. The molecule has 0 fully saturated rings. The van der Waals surface area contributed by atoms with Gasteiger partial charge in [0.25, 0.3) is 0 Å². The van der Waals surface area contributed by atoms with Crippen LogP contribution in [0.2, 0.25) is 0 Å². The Balaban J connectivity index is 2.00. The van der Waals surface area contributed by atoms with Crippen molar-refractivity contribution in [1.29, 1.82) is 0 Å². The van der Waals surface area contributed by atoms with Crippen molar-refractivity contribution in [1.82, 2.24) is 4.57 Å². The van der Waals surface area contributed by atoms with Gasteiger partial charge >= 0.3 is 0 Å². The van der Waals surface area contributed by atoms with Crippen molar-refractivity contribution in [2.24, 2.45) is 7.05 Å². The van der Waals surface area contributed by atoms with Crippen LogP contribution in [0, 0.1) is 0 Å². The minimum atomic E-state index is -0.0103. The van der Waals surface area contributed by atoms with Crippen LogP contribution < -0.4 is 9.64 Å². The zero-order valence-corrected chi connectivity index (χ0v) is 12.9. The van der Waals surface area contributed by atoms with Crippen molar-refractivity contribution < 1.29 is 9.53 Å². The molecule has 1 heterocycles. The fourth-order valence-electron chi connectivity index (χ4n) is 2.26. The van der Waals surface area contributed by atoms with Crippen molar-refractivity contribution in [2.75, 3.05) is 24.6 Å². The maximum absolute atomic E-state index is 12.0. The zero-order valence-electron chi connectivity index (χ0n) is 12.9. The molecule has 0 aliphatic rings. The number of ketones is 1. The number of carbonyl (C=O) groups is 1. The van der Waals surface area contributed by atoms with Gasteiger partial charge in [-0.15, -0.1) is 0 Å². The van der Waals surface area contributed by atoms with Crippen LogP contribution in [0.25, 0.3) is 0 Å². The molecule has 1 aromatic heterocycles. The number of hydrogen-bond acceptors (Lipinski definition) is 3. The number of Topliss-reactive ketones (excluding diaryl/α,β-unsaturated/α-hetero) is 1. The number of nitrogens with zero attached hydrogens (tertiary/aromatic N) is 2. The number of benzene rings is 1. The van der Waals surface area contributed by atoms with Crippen molar-refractivity contribution in [3.8, 4) is 5.75 Å². The number of carbonyl (C=O) groups excluding carboxylic acids is 1. The second-order valence-electron chi connectivity index (χ2n) is 4.95. The summed E-state index contributed by atoms with van der Waals surface area (Å²) in [6.45, 7) is 6.20. The van der Waals surface area contributed by atoms with Crippen molar-refractivity contribution in [3.05, 3.63) is 48.3 Å². The quantitative estimate of drug-likeness (QED) is 0.733. The van der Waals surface area contributed by atoms with Crippen LogP contribution in [-0.4, -0.2) is 30.0 Å². The van der Waals surface area contributed by atoms with E-state index in [-0.39, 0.29) is 12.4 Å². The number of rotatable bonds is 7. The third kappa shape index (κ3) is 3.88. The van der Waals surface area contributed by atoms with Crippen LogP contribution in [0.1, 0.15) is 24.2 Å². The molecule has 1 aromatic carbocycles. The summed E-state index contributed by atoms with van der Waals surface area (Å²) in [5.74, 6) is 0.715. The van der Waals surface area contributed by atoms with Gasteiger partial charge in [0.1, 0.15) is 5.75 Å². The highest BCUT2D eigenvalue weighted by molar-refractivity contribution is 5.97. The third-order valence-corrected chi connectivity index (χ3v) is 3.47. The van der Waals surface area contributed by atoms with Gasteiger partial charge in [0.05, 0.1) is 0 Å². The monoisotopic (exact) mass is 286 g/mol. The molecule has 2 rings (SSSR count). The third-order valence-electron chi connectivity index (χ3n) is 3.47. The first-order chi connectivity index (χ1) is 10.1. The fourth-order valence-corrected chi connectivity index (χ4v) is 2.26. The summed E-state index contributed by atoms with van der Waals surface area (Å²) in [5, 5.41) is 0. The summed E-state index contributed by atoms with van der Waals surface area (Å²) >= 11 is 0. The topological polar surface area (TPSA) is 34.5 Å². The Morgan fingerprint density at radius 3 is 2.62 bits per heavy atom. The summed E-state index contributed by atoms with van der Waals surface area (Å²) in [4.78, 5) is 14.3. The first kappa shape index (κ1) is 15.2. The second kappa shape index (κ2) is 6.97. The molecular weight excluding hydrogens is 264 g/mol. The Morgan fingerprint density at radius 2 is 2.00 bits per heavy atom. The number of aryl methyl sites for hydroxylation is 1. The summed E-state index contributed by atoms with van der Waals surface area (Å²) in [6.07, 6.45) is 3.66. The predicted octanol–water partition coefficient (Wildman–Crippen LogP) is 3.13. The smallest absolute Gasteiger partial charge is 0.201 e. The minimum absolute atomic E-state index is 0.0103. The molecule has 0 unspecified atom stereocenters. The standard InChI is InChI=1S/C17H22N2O2/c1-4-19(5-2)15-7-6-8-16(11-15)21-13-17(20)14-9-10-18(3)12-14/h6-12H,4-5,13H2,1-3H3. The molecule has 0 N–H and O–H groups in total. The van der Waals surface area contributed by atoms with Crippen molar-refractivity contribution in [3.63, 3.8) is 0 Å². The van der Waals surface area contributed by atoms with Crippen LogP contribution in [0.3, 0.4) is 0 Å². The summed E-state index contributed by atoms with van der Waals surface area (Å²) in [7, 11) is 1.89. The number of aromatic nitrogens is 1. The summed E-state index contributed by atoms with van der Waals surface area (Å²) in [6, 6.07) is 9.67. The molecule has 0 radical (unpaired) electrons. The molecule has 21 heavy (non-hydrogen) atoms. The minimum Gasteiger partial charge on any atom is -0.485 e. The van der Waals surface area contributed by atoms with Crippen LogP contribution in [0.15, 0.2) is 42.7 Å². The van der Waals surface area contributed by atoms with Gasteiger partial charge in [0, 0.05) is 49.8 Å². The Labute approximate surface area is 125 Å². The van der Waals surface area contributed by atoms with Crippen molar-refractivity contribution in [2.45, 2.75) is 13.8 Å². The van der Waals surface area contributed by atoms with E-state index in [9.17, 15) is 4.79 Å². The first-order valence-electron chi connectivity index (χ1n) is 7.27. The Morgan fingerprint density at radius 1 is 1.24 bits per heavy atom. The van der Waals surface area contributed by atoms with Gasteiger partial charge in [0.15, 0.2) is 6.61 Å². The van der Waals surface area contributed by atoms with E-state index >= 15 is 0 Å². The van der Waals surface area contributed by atoms with Gasteiger partial charge in [-0.25, -0.2) is 0 Å². The Kier molecular flexibility index (Phi) is 5.04. The molecule has 0 spiro atoms.